The molecule has 0 fully saturated rings. The molecule has 1 rings (SSSR count). The van der Waals surface area contributed by atoms with E-state index in [1.165, 1.54) is 10.9 Å². The van der Waals surface area contributed by atoms with Gasteiger partial charge in [0.05, 0.1) is 25.0 Å². The lowest BCUT2D eigenvalue weighted by molar-refractivity contribution is 0.171. The first-order valence-electron chi connectivity index (χ1n) is 6.00. The molecule has 7 heteroatoms. The fourth-order valence-corrected chi connectivity index (χ4v) is 1.53. The van der Waals surface area contributed by atoms with Crippen molar-refractivity contribution in [2.24, 2.45) is 5.41 Å². The summed E-state index contributed by atoms with van der Waals surface area (Å²) in [6, 6.07) is 0. The highest BCUT2D eigenvalue weighted by Crippen LogP contribution is 2.19. The first-order chi connectivity index (χ1) is 8.91. The van der Waals surface area contributed by atoms with Crippen LogP contribution in [-0.2, 0) is 11.3 Å². The first-order valence-corrected chi connectivity index (χ1v) is 6.38. The number of aliphatic hydroxyl groups excluding tert-OH is 1. The van der Waals surface area contributed by atoms with Crippen molar-refractivity contribution < 1.29 is 9.84 Å². The lowest BCUT2D eigenvalue weighted by atomic mass is 9.95. The molecule has 1 heterocycles. The van der Waals surface area contributed by atoms with Gasteiger partial charge in [0.25, 0.3) is 5.56 Å². The third kappa shape index (κ3) is 4.49. The van der Waals surface area contributed by atoms with Crippen LogP contribution in [0.5, 0.6) is 0 Å². The summed E-state index contributed by atoms with van der Waals surface area (Å²) in [6.07, 6.45) is 1.51. The highest BCUT2D eigenvalue weighted by molar-refractivity contribution is 6.32. The van der Waals surface area contributed by atoms with E-state index in [-0.39, 0.29) is 22.6 Å². The summed E-state index contributed by atoms with van der Waals surface area (Å²) in [6.45, 7) is 5.09. The van der Waals surface area contributed by atoms with E-state index in [2.05, 4.69) is 10.4 Å². The molecule has 0 radical (unpaired) electrons. The van der Waals surface area contributed by atoms with Gasteiger partial charge in [-0.3, -0.25) is 4.79 Å². The molecule has 0 spiro atoms. The smallest absolute Gasteiger partial charge is 0.287 e. The number of hydrogen-bond donors (Lipinski definition) is 2. The molecule has 19 heavy (non-hydrogen) atoms. The van der Waals surface area contributed by atoms with Crippen LogP contribution in [0.1, 0.15) is 13.8 Å². The zero-order chi connectivity index (χ0) is 14.5. The Labute approximate surface area is 117 Å². The monoisotopic (exact) mass is 289 g/mol. The number of aromatic nitrogens is 2. The topological polar surface area (TPSA) is 76.4 Å². The molecule has 2 N–H and O–H groups in total. The SMILES string of the molecule is COCCn1ncc(NCC(C)(C)CO)c(Cl)c1=O. The van der Waals surface area contributed by atoms with Crippen molar-refractivity contribution in [3.8, 4) is 0 Å². The molecule has 0 amide bonds. The number of halogens is 1. The Morgan fingerprint density at radius 2 is 2.26 bits per heavy atom. The summed E-state index contributed by atoms with van der Waals surface area (Å²) in [5.74, 6) is 0. The van der Waals surface area contributed by atoms with Crippen LogP contribution in [0.3, 0.4) is 0 Å². The number of anilines is 1. The van der Waals surface area contributed by atoms with Gasteiger partial charge >= 0.3 is 0 Å². The van der Waals surface area contributed by atoms with Gasteiger partial charge in [0.15, 0.2) is 0 Å². The summed E-state index contributed by atoms with van der Waals surface area (Å²) in [5.41, 5.74) is -0.179. The first kappa shape index (κ1) is 15.9. The Kier molecular flexibility index (Phi) is 5.78. The molecule has 0 saturated heterocycles. The van der Waals surface area contributed by atoms with Crippen molar-refractivity contribution in [1.82, 2.24) is 9.78 Å². The van der Waals surface area contributed by atoms with Crippen molar-refractivity contribution in [3.05, 3.63) is 21.6 Å². The number of ether oxygens (including phenoxy) is 1. The Morgan fingerprint density at radius 1 is 1.58 bits per heavy atom. The summed E-state index contributed by atoms with van der Waals surface area (Å²) in [7, 11) is 1.56. The molecule has 6 nitrogen and oxygen atoms in total. The maximum Gasteiger partial charge on any atom is 0.287 e. The highest BCUT2D eigenvalue weighted by Gasteiger charge is 2.17. The summed E-state index contributed by atoms with van der Waals surface area (Å²) in [4.78, 5) is 11.9. The van der Waals surface area contributed by atoms with E-state index in [4.69, 9.17) is 21.4 Å². The molecule has 0 atom stereocenters. The van der Waals surface area contributed by atoms with E-state index in [0.717, 1.165) is 0 Å². The molecule has 0 saturated carbocycles. The maximum atomic E-state index is 11.9. The third-order valence-electron chi connectivity index (χ3n) is 2.68. The predicted octanol–water partition coefficient (Wildman–Crippen LogP) is 0.973. The molecule has 0 bridgehead atoms. The van der Waals surface area contributed by atoms with Crippen molar-refractivity contribution >= 4 is 17.3 Å². The Balaban J connectivity index is 2.82. The number of hydrogen-bond acceptors (Lipinski definition) is 5. The van der Waals surface area contributed by atoms with Crippen LogP contribution >= 0.6 is 11.6 Å². The lowest BCUT2D eigenvalue weighted by Crippen LogP contribution is -2.29. The fourth-order valence-electron chi connectivity index (χ4n) is 1.32. The van der Waals surface area contributed by atoms with E-state index in [9.17, 15) is 4.79 Å². The second kappa shape index (κ2) is 6.88. The van der Waals surface area contributed by atoms with E-state index < -0.39 is 0 Å². The number of rotatable bonds is 7. The average molecular weight is 290 g/mol. The fraction of sp³-hybridized carbons (Fsp3) is 0.667. The van der Waals surface area contributed by atoms with Crippen molar-refractivity contribution in [1.29, 1.82) is 0 Å². The van der Waals surface area contributed by atoms with E-state index in [1.807, 2.05) is 13.8 Å². The molecule has 1 aromatic heterocycles. The van der Waals surface area contributed by atoms with Crippen molar-refractivity contribution in [3.63, 3.8) is 0 Å². The van der Waals surface area contributed by atoms with Crippen molar-refractivity contribution in [2.45, 2.75) is 20.4 Å². The van der Waals surface area contributed by atoms with Gasteiger partial charge in [0.2, 0.25) is 0 Å². The van der Waals surface area contributed by atoms with Gasteiger partial charge in [-0.1, -0.05) is 25.4 Å². The van der Waals surface area contributed by atoms with E-state index >= 15 is 0 Å². The van der Waals surface area contributed by atoms with Gasteiger partial charge in [-0.05, 0) is 0 Å². The highest BCUT2D eigenvalue weighted by atomic mass is 35.5. The standard InChI is InChI=1S/C12H20ClN3O3/c1-12(2,8-17)7-14-9-6-15-16(4-5-19-3)11(18)10(9)13/h6,14,17H,4-5,7-8H2,1-3H3. The normalized spacial score (nSPS) is 11.6. The molecule has 0 aliphatic heterocycles. The lowest BCUT2D eigenvalue weighted by Gasteiger charge is -2.22. The molecular weight excluding hydrogens is 270 g/mol. The minimum Gasteiger partial charge on any atom is -0.396 e. The van der Waals surface area contributed by atoms with Gasteiger partial charge in [-0.2, -0.15) is 5.10 Å². The zero-order valence-electron chi connectivity index (χ0n) is 11.4. The van der Waals surface area contributed by atoms with E-state index in [0.29, 0.717) is 25.4 Å². The quantitative estimate of drug-likeness (QED) is 0.782. The van der Waals surface area contributed by atoms with Gasteiger partial charge in [0.1, 0.15) is 5.02 Å². The molecule has 0 unspecified atom stereocenters. The second-order valence-corrected chi connectivity index (χ2v) is 5.45. The maximum absolute atomic E-state index is 11.9. The molecule has 0 aliphatic rings. The van der Waals surface area contributed by atoms with Crippen LogP contribution in [0, 0.1) is 5.41 Å². The molecule has 1 aromatic rings. The zero-order valence-corrected chi connectivity index (χ0v) is 12.2. The minimum atomic E-state index is -0.356. The van der Waals surface area contributed by atoms with Crippen LogP contribution < -0.4 is 10.9 Å². The minimum absolute atomic E-state index is 0.0377. The van der Waals surface area contributed by atoms with Gasteiger partial charge < -0.3 is 15.2 Å². The van der Waals surface area contributed by atoms with Crippen LogP contribution in [-0.4, -0.2) is 41.8 Å². The molecule has 0 aliphatic carbocycles. The number of aliphatic hydroxyl groups is 1. The predicted molar refractivity (Wildman–Crippen MR) is 74.7 cm³/mol. The summed E-state index contributed by atoms with van der Waals surface area (Å²) < 4.78 is 6.15. The Hall–Kier alpha value is -1.11. The summed E-state index contributed by atoms with van der Waals surface area (Å²) in [5, 5.41) is 16.3. The number of nitrogens with one attached hydrogen (secondary N) is 1. The van der Waals surface area contributed by atoms with Crippen molar-refractivity contribution in [2.75, 3.05) is 32.2 Å². The summed E-state index contributed by atoms with van der Waals surface area (Å²) >= 11 is 6.01. The molecule has 108 valence electrons. The molecule has 0 aromatic carbocycles. The number of methoxy groups -OCH3 is 1. The Bertz CT molecular complexity index is 474. The largest absolute Gasteiger partial charge is 0.396 e. The Morgan fingerprint density at radius 3 is 2.84 bits per heavy atom. The molecular formula is C12H20ClN3O3. The van der Waals surface area contributed by atoms with Gasteiger partial charge in [-0.15, -0.1) is 0 Å². The van der Waals surface area contributed by atoms with Crippen LogP contribution in [0.2, 0.25) is 5.02 Å². The average Bonchev–Trinajstić information content (AvgIpc) is 2.39. The van der Waals surface area contributed by atoms with E-state index in [1.54, 1.807) is 7.11 Å². The van der Waals surface area contributed by atoms with Crippen LogP contribution in [0.15, 0.2) is 11.0 Å². The van der Waals surface area contributed by atoms with Gasteiger partial charge in [-0.25, -0.2) is 4.68 Å². The third-order valence-corrected chi connectivity index (χ3v) is 3.04. The number of nitrogens with zero attached hydrogens (tertiary/aromatic N) is 2. The second-order valence-electron chi connectivity index (χ2n) is 5.07. The van der Waals surface area contributed by atoms with Crippen LogP contribution in [0.4, 0.5) is 5.69 Å². The van der Waals surface area contributed by atoms with Crippen LogP contribution in [0.25, 0.3) is 0 Å². The van der Waals surface area contributed by atoms with Gasteiger partial charge in [0, 0.05) is 25.7 Å².